The number of piperidine rings is 1. The van der Waals surface area contributed by atoms with Gasteiger partial charge in [-0.3, -0.25) is 4.79 Å². The van der Waals surface area contributed by atoms with Crippen LogP contribution in [0.4, 0.5) is 13.2 Å². The van der Waals surface area contributed by atoms with E-state index < -0.39 is 18.5 Å². The van der Waals surface area contributed by atoms with Crippen LogP contribution in [0.15, 0.2) is 0 Å². The highest BCUT2D eigenvalue weighted by Crippen LogP contribution is 2.23. The number of likely N-dealkylation sites (tertiary alicyclic amines) is 1. The number of alkyl halides is 3. The Bertz CT molecular complexity index is 282. The first-order valence-electron chi connectivity index (χ1n) is 4.66. The summed E-state index contributed by atoms with van der Waals surface area (Å²) in [6.07, 6.45) is -4.63. The van der Waals surface area contributed by atoms with Crippen molar-refractivity contribution in [2.75, 3.05) is 13.1 Å². The molecule has 0 saturated carbocycles. The molecule has 1 saturated heterocycles. The summed E-state index contributed by atoms with van der Waals surface area (Å²) in [6.45, 7) is 0.457. The van der Waals surface area contributed by atoms with E-state index in [0.717, 1.165) is 4.90 Å². The normalized spacial score (nSPS) is 22.3. The van der Waals surface area contributed by atoms with Crippen LogP contribution in [0.25, 0.3) is 0 Å². The maximum absolute atomic E-state index is 11.9. The second-order valence-corrected chi connectivity index (χ2v) is 3.60. The molecule has 1 aliphatic heterocycles. The van der Waals surface area contributed by atoms with Crippen molar-refractivity contribution in [2.45, 2.75) is 25.4 Å². The van der Waals surface area contributed by atoms with E-state index in [0.29, 0.717) is 19.4 Å². The van der Waals surface area contributed by atoms with Crippen LogP contribution in [0.1, 0.15) is 19.3 Å². The van der Waals surface area contributed by atoms with Crippen LogP contribution in [0.2, 0.25) is 0 Å². The van der Waals surface area contributed by atoms with Crippen LogP contribution in [-0.2, 0) is 4.79 Å². The minimum Gasteiger partial charge on any atom is -0.341 e. The molecule has 0 aromatic carbocycles. The van der Waals surface area contributed by atoms with Crippen LogP contribution in [0, 0.1) is 17.2 Å². The smallest absolute Gasteiger partial charge is 0.341 e. The van der Waals surface area contributed by atoms with Gasteiger partial charge in [0, 0.05) is 13.1 Å². The van der Waals surface area contributed by atoms with Gasteiger partial charge in [-0.05, 0) is 12.8 Å². The molecular formula is C9H11F3N2O. The van der Waals surface area contributed by atoms with Crippen molar-refractivity contribution in [3.8, 4) is 6.07 Å². The minimum atomic E-state index is -4.46. The number of hydrogen-bond donors (Lipinski definition) is 0. The van der Waals surface area contributed by atoms with Crippen molar-refractivity contribution in [1.29, 1.82) is 5.26 Å². The summed E-state index contributed by atoms with van der Waals surface area (Å²) >= 11 is 0. The monoisotopic (exact) mass is 220 g/mol. The van der Waals surface area contributed by atoms with E-state index in [2.05, 4.69) is 0 Å². The molecular weight excluding hydrogens is 209 g/mol. The van der Waals surface area contributed by atoms with E-state index in [-0.39, 0.29) is 12.5 Å². The first-order chi connectivity index (χ1) is 6.92. The third-order valence-electron chi connectivity index (χ3n) is 2.31. The van der Waals surface area contributed by atoms with E-state index in [1.165, 1.54) is 0 Å². The lowest BCUT2D eigenvalue weighted by Crippen LogP contribution is -2.41. The maximum Gasteiger partial charge on any atom is 0.397 e. The molecule has 1 amide bonds. The highest BCUT2D eigenvalue weighted by atomic mass is 19.4. The molecule has 1 heterocycles. The Labute approximate surface area is 85.5 Å². The lowest BCUT2D eigenvalue weighted by molar-refractivity contribution is -0.162. The van der Waals surface area contributed by atoms with Crippen LogP contribution < -0.4 is 0 Å². The molecule has 0 aliphatic carbocycles. The molecule has 0 aromatic rings. The number of carbonyl (C=O) groups is 1. The molecule has 0 N–H and O–H groups in total. The molecule has 1 atom stereocenters. The standard InChI is InChI=1S/C9H11F3N2O/c10-9(11,12)4-8(15)14-3-1-2-7(5-13)6-14/h7H,1-4,6H2. The minimum absolute atomic E-state index is 0.130. The summed E-state index contributed by atoms with van der Waals surface area (Å²) in [5.74, 6) is -1.25. The van der Waals surface area contributed by atoms with E-state index in [1.807, 2.05) is 6.07 Å². The Morgan fingerprint density at radius 2 is 2.20 bits per heavy atom. The molecule has 0 aromatic heterocycles. The quantitative estimate of drug-likeness (QED) is 0.675. The van der Waals surface area contributed by atoms with E-state index in [4.69, 9.17) is 5.26 Å². The van der Waals surface area contributed by atoms with Gasteiger partial charge in [0.1, 0.15) is 6.42 Å². The van der Waals surface area contributed by atoms with Crippen molar-refractivity contribution < 1.29 is 18.0 Å². The predicted molar refractivity (Wildman–Crippen MR) is 45.6 cm³/mol. The summed E-state index contributed by atoms with van der Waals surface area (Å²) < 4.78 is 35.8. The van der Waals surface area contributed by atoms with E-state index >= 15 is 0 Å². The first kappa shape index (κ1) is 11.8. The van der Waals surface area contributed by atoms with E-state index in [9.17, 15) is 18.0 Å². The zero-order valence-electron chi connectivity index (χ0n) is 8.05. The number of nitriles is 1. The number of rotatable bonds is 1. The van der Waals surface area contributed by atoms with Crippen molar-refractivity contribution in [2.24, 2.45) is 5.92 Å². The number of hydrogen-bond acceptors (Lipinski definition) is 2. The van der Waals surface area contributed by atoms with Crippen LogP contribution in [0.5, 0.6) is 0 Å². The summed E-state index contributed by atoms with van der Waals surface area (Å²) in [4.78, 5) is 12.3. The average Bonchev–Trinajstić information content (AvgIpc) is 2.15. The van der Waals surface area contributed by atoms with Crippen molar-refractivity contribution >= 4 is 5.91 Å². The Morgan fingerprint density at radius 1 is 1.53 bits per heavy atom. The molecule has 3 nitrogen and oxygen atoms in total. The summed E-state index contributed by atoms with van der Waals surface area (Å²) in [6, 6.07) is 1.98. The Morgan fingerprint density at radius 3 is 2.73 bits per heavy atom. The predicted octanol–water partition coefficient (Wildman–Crippen LogP) is 1.70. The molecule has 0 bridgehead atoms. The molecule has 0 radical (unpaired) electrons. The molecule has 15 heavy (non-hydrogen) atoms. The van der Waals surface area contributed by atoms with Gasteiger partial charge in [0.25, 0.3) is 0 Å². The third kappa shape index (κ3) is 3.78. The second kappa shape index (κ2) is 4.51. The summed E-state index contributed by atoms with van der Waals surface area (Å²) in [7, 11) is 0. The first-order valence-corrected chi connectivity index (χ1v) is 4.66. The third-order valence-corrected chi connectivity index (χ3v) is 2.31. The van der Waals surface area contributed by atoms with E-state index in [1.54, 1.807) is 0 Å². The molecule has 1 fully saturated rings. The van der Waals surface area contributed by atoms with Crippen LogP contribution in [-0.4, -0.2) is 30.1 Å². The fourth-order valence-corrected chi connectivity index (χ4v) is 1.59. The number of halogens is 3. The van der Waals surface area contributed by atoms with Gasteiger partial charge in [-0.25, -0.2) is 0 Å². The number of carbonyl (C=O) groups excluding carboxylic acids is 1. The van der Waals surface area contributed by atoms with Gasteiger partial charge >= 0.3 is 6.18 Å². The van der Waals surface area contributed by atoms with Gasteiger partial charge in [0.2, 0.25) is 5.91 Å². The molecule has 0 spiro atoms. The van der Waals surface area contributed by atoms with Gasteiger partial charge < -0.3 is 4.90 Å². The molecule has 6 heteroatoms. The topological polar surface area (TPSA) is 44.1 Å². The largest absolute Gasteiger partial charge is 0.397 e. The zero-order chi connectivity index (χ0) is 11.5. The lowest BCUT2D eigenvalue weighted by Gasteiger charge is -2.29. The van der Waals surface area contributed by atoms with Crippen molar-refractivity contribution in [3.05, 3.63) is 0 Å². The Balaban J connectivity index is 2.50. The Kier molecular flexibility index (Phi) is 3.56. The maximum atomic E-state index is 11.9. The van der Waals surface area contributed by atoms with Gasteiger partial charge in [-0.15, -0.1) is 0 Å². The SMILES string of the molecule is N#CC1CCCN(C(=O)CC(F)(F)F)C1. The summed E-state index contributed by atoms with van der Waals surface area (Å²) in [5, 5.41) is 8.61. The lowest BCUT2D eigenvalue weighted by atomic mass is 9.99. The van der Waals surface area contributed by atoms with Crippen LogP contribution >= 0.6 is 0 Å². The fraction of sp³-hybridized carbons (Fsp3) is 0.778. The fourth-order valence-electron chi connectivity index (χ4n) is 1.59. The summed E-state index contributed by atoms with van der Waals surface area (Å²) in [5.41, 5.74) is 0. The number of amides is 1. The van der Waals surface area contributed by atoms with Crippen LogP contribution in [0.3, 0.4) is 0 Å². The average molecular weight is 220 g/mol. The molecule has 84 valence electrons. The van der Waals surface area contributed by atoms with Gasteiger partial charge in [0.15, 0.2) is 0 Å². The second-order valence-electron chi connectivity index (χ2n) is 3.60. The molecule has 1 aliphatic rings. The molecule has 1 rings (SSSR count). The van der Waals surface area contributed by atoms with Gasteiger partial charge in [-0.1, -0.05) is 0 Å². The van der Waals surface area contributed by atoms with Gasteiger partial charge in [0.05, 0.1) is 12.0 Å². The molecule has 1 unspecified atom stereocenters. The Hall–Kier alpha value is -1.25. The van der Waals surface area contributed by atoms with Crippen molar-refractivity contribution in [1.82, 2.24) is 4.90 Å². The highest BCUT2D eigenvalue weighted by Gasteiger charge is 2.34. The number of nitrogens with zero attached hydrogens (tertiary/aromatic N) is 2. The van der Waals surface area contributed by atoms with Crippen molar-refractivity contribution in [3.63, 3.8) is 0 Å². The van der Waals surface area contributed by atoms with Gasteiger partial charge in [-0.2, -0.15) is 18.4 Å². The highest BCUT2D eigenvalue weighted by molar-refractivity contribution is 5.77. The zero-order valence-corrected chi connectivity index (χ0v) is 8.05.